The molecule has 5 aromatic carbocycles. The minimum Gasteiger partial charge on any atom is -0.454 e. The molecule has 210 valence electrons. The largest absolute Gasteiger partial charge is 0.454 e. The number of nitrogens with one attached hydrogen (secondary N) is 1. The smallest absolute Gasteiger partial charge is 0.159 e. The van der Waals surface area contributed by atoms with Gasteiger partial charge in [0.1, 0.15) is 11.4 Å². The summed E-state index contributed by atoms with van der Waals surface area (Å²) in [6, 6.07) is 48.4. The van der Waals surface area contributed by atoms with Crippen molar-refractivity contribution in [1.29, 1.82) is 0 Å². The number of hydrogen-bond acceptors (Lipinski definition) is 4. The molecule has 1 N–H and O–H groups in total. The highest BCUT2D eigenvalue weighted by Gasteiger charge is 2.24. The molecule has 45 heavy (non-hydrogen) atoms. The van der Waals surface area contributed by atoms with Gasteiger partial charge >= 0.3 is 0 Å². The molecule has 4 aromatic heterocycles. The maximum Gasteiger partial charge on any atom is 0.159 e. The third-order valence-electron chi connectivity index (χ3n) is 8.94. The van der Waals surface area contributed by atoms with Crippen molar-refractivity contribution in [3.05, 3.63) is 140 Å². The zero-order chi connectivity index (χ0) is 29.5. The minimum absolute atomic E-state index is 0.794. The number of pyridine rings is 2. The lowest BCUT2D eigenvalue weighted by Crippen LogP contribution is -2.12. The molecule has 0 radical (unpaired) electrons. The Labute approximate surface area is 258 Å². The van der Waals surface area contributed by atoms with Gasteiger partial charge in [-0.15, -0.1) is 0 Å². The molecule has 5 heteroatoms. The summed E-state index contributed by atoms with van der Waals surface area (Å²) >= 11 is 0. The Kier molecular flexibility index (Phi) is 4.93. The molecule has 0 unspecified atom stereocenters. The second kappa shape index (κ2) is 9.15. The topological polar surface area (TPSA) is 58.0 Å². The first-order chi connectivity index (χ1) is 22.3. The van der Waals surface area contributed by atoms with Crippen molar-refractivity contribution in [2.45, 2.75) is 0 Å². The summed E-state index contributed by atoms with van der Waals surface area (Å²) < 4.78 is 6.64. The molecule has 10 rings (SSSR count). The third-order valence-corrected chi connectivity index (χ3v) is 8.94. The fourth-order valence-corrected chi connectivity index (χ4v) is 6.91. The van der Waals surface area contributed by atoms with Crippen LogP contribution in [-0.4, -0.2) is 15.0 Å². The van der Waals surface area contributed by atoms with Gasteiger partial charge in [-0.2, -0.15) is 0 Å². The number of furan rings is 1. The van der Waals surface area contributed by atoms with Crippen LogP contribution in [0.25, 0.3) is 77.5 Å². The number of para-hydroxylation sites is 4. The van der Waals surface area contributed by atoms with E-state index in [4.69, 9.17) is 14.4 Å². The number of H-pyrrole nitrogens is 1. The van der Waals surface area contributed by atoms with Gasteiger partial charge in [0.2, 0.25) is 0 Å². The van der Waals surface area contributed by atoms with E-state index >= 15 is 0 Å². The second-order valence-corrected chi connectivity index (χ2v) is 11.5. The molecule has 8 bridgehead atoms. The average Bonchev–Trinajstić information content (AvgIpc) is 3.67. The number of fused-ring (bicyclic) bond motifs is 14. The van der Waals surface area contributed by atoms with Crippen LogP contribution in [0.5, 0.6) is 0 Å². The summed E-state index contributed by atoms with van der Waals surface area (Å²) in [5.41, 5.74) is 11.5. The molecular formula is C40H24N4O. The van der Waals surface area contributed by atoms with Crippen LogP contribution < -0.4 is 4.90 Å². The van der Waals surface area contributed by atoms with E-state index in [1.165, 1.54) is 5.39 Å². The summed E-state index contributed by atoms with van der Waals surface area (Å²) in [5.74, 6) is 0.794. The molecule has 0 saturated heterocycles. The van der Waals surface area contributed by atoms with Gasteiger partial charge in [-0.05, 0) is 54.6 Å². The quantitative estimate of drug-likeness (QED) is 0.211. The maximum atomic E-state index is 6.64. The third kappa shape index (κ3) is 3.55. The van der Waals surface area contributed by atoms with Crippen molar-refractivity contribution in [2.24, 2.45) is 0 Å². The van der Waals surface area contributed by atoms with Crippen molar-refractivity contribution in [2.75, 3.05) is 4.90 Å². The van der Waals surface area contributed by atoms with Gasteiger partial charge < -0.3 is 9.40 Å². The monoisotopic (exact) mass is 576 g/mol. The van der Waals surface area contributed by atoms with Gasteiger partial charge in [0, 0.05) is 43.9 Å². The Morgan fingerprint density at radius 2 is 1.16 bits per heavy atom. The number of hydrogen-bond donors (Lipinski definition) is 1. The van der Waals surface area contributed by atoms with Crippen molar-refractivity contribution in [3.63, 3.8) is 0 Å². The zero-order valence-corrected chi connectivity index (χ0v) is 24.0. The number of rotatable bonds is 1. The lowest BCUT2D eigenvalue weighted by molar-refractivity contribution is 0.669. The fourth-order valence-electron chi connectivity index (χ4n) is 6.91. The highest BCUT2D eigenvalue weighted by atomic mass is 16.3. The molecule has 0 saturated carbocycles. The van der Waals surface area contributed by atoms with Crippen LogP contribution in [0.1, 0.15) is 0 Å². The Hall–Kier alpha value is -6.20. The highest BCUT2D eigenvalue weighted by Crippen LogP contribution is 2.45. The van der Waals surface area contributed by atoms with Gasteiger partial charge in [0.25, 0.3) is 0 Å². The summed E-state index contributed by atoms with van der Waals surface area (Å²) in [4.78, 5) is 16.6. The molecule has 1 aliphatic heterocycles. The molecular weight excluding hydrogens is 552 g/mol. The van der Waals surface area contributed by atoms with Gasteiger partial charge in [0.05, 0.1) is 33.8 Å². The van der Waals surface area contributed by atoms with E-state index in [1.54, 1.807) is 0 Å². The second-order valence-electron chi connectivity index (χ2n) is 11.5. The number of aromatic amines is 1. The summed E-state index contributed by atoms with van der Waals surface area (Å²) in [6.07, 6.45) is 0. The number of nitrogens with zero attached hydrogens (tertiary/aromatic N) is 3. The van der Waals surface area contributed by atoms with E-state index < -0.39 is 0 Å². The first-order valence-electron chi connectivity index (χ1n) is 15.1. The molecule has 0 amide bonds. The van der Waals surface area contributed by atoms with Crippen LogP contribution >= 0.6 is 0 Å². The Bertz CT molecular complexity index is 2610. The molecule has 0 atom stereocenters. The Morgan fingerprint density at radius 3 is 1.96 bits per heavy atom. The Balaban J connectivity index is 1.40. The minimum atomic E-state index is 0.794. The first-order valence-corrected chi connectivity index (χ1v) is 15.1. The van der Waals surface area contributed by atoms with Crippen LogP contribution in [0.4, 0.5) is 17.2 Å². The molecule has 0 fully saturated rings. The van der Waals surface area contributed by atoms with Crippen LogP contribution in [0.2, 0.25) is 0 Å². The van der Waals surface area contributed by atoms with Crippen LogP contribution in [0.3, 0.4) is 0 Å². The van der Waals surface area contributed by atoms with E-state index in [2.05, 4.69) is 131 Å². The van der Waals surface area contributed by atoms with Crippen molar-refractivity contribution < 1.29 is 4.42 Å². The standard InChI is InChI=1S/C40H24N4O/c1-2-10-25(11-3-1)44-35-23-24(22-31-26-12-4-5-20-36(26)45-40(31)35)32-17-8-18-33(41-32)29-15-6-13-27-28-14-7-16-30(39(28)43-38(27)29)34-19-9-21-37(44)42-34/h1-23,43H. The van der Waals surface area contributed by atoms with Crippen molar-refractivity contribution in [3.8, 4) is 33.8 Å². The predicted molar refractivity (Wildman–Crippen MR) is 183 cm³/mol. The highest BCUT2D eigenvalue weighted by molar-refractivity contribution is 6.15. The fraction of sp³-hybridized carbons (Fsp3) is 0. The van der Waals surface area contributed by atoms with E-state index in [-0.39, 0.29) is 0 Å². The molecule has 5 heterocycles. The average molecular weight is 577 g/mol. The van der Waals surface area contributed by atoms with E-state index in [0.29, 0.717) is 0 Å². The van der Waals surface area contributed by atoms with E-state index in [0.717, 1.165) is 89.3 Å². The van der Waals surface area contributed by atoms with Gasteiger partial charge in [-0.3, -0.25) is 4.90 Å². The lowest BCUT2D eigenvalue weighted by Gasteiger charge is -2.25. The zero-order valence-electron chi connectivity index (χ0n) is 24.0. The van der Waals surface area contributed by atoms with Crippen LogP contribution in [0.15, 0.2) is 144 Å². The van der Waals surface area contributed by atoms with E-state index in [1.807, 2.05) is 18.2 Å². The number of aromatic nitrogens is 3. The summed E-state index contributed by atoms with van der Waals surface area (Å²) in [6.45, 7) is 0. The summed E-state index contributed by atoms with van der Waals surface area (Å²) in [7, 11) is 0. The molecule has 9 aromatic rings. The van der Waals surface area contributed by atoms with Gasteiger partial charge in [0.15, 0.2) is 5.58 Å². The van der Waals surface area contributed by atoms with E-state index in [9.17, 15) is 0 Å². The molecule has 0 spiro atoms. The molecule has 0 aliphatic carbocycles. The van der Waals surface area contributed by atoms with Crippen molar-refractivity contribution in [1.82, 2.24) is 15.0 Å². The first kappa shape index (κ1) is 24.3. The number of anilines is 3. The van der Waals surface area contributed by atoms with Crippen LogP contribution in [-0.2, 0) is 0 Å². The van der Waals surface area contributed by atoms with Gasteiger partial charge in [-0.25, -0.2) is 9.97 Å². The molecule has 5 nitrogen and oxygen atoms in total. The maximum absolute atomic E-state index is 6.64. The van der Waals surface area contributed by atoms with Gasteiger partial charge in [-0.1, -0.05) is 84.9 Å². The number of benzene rings is 5. The lowest BCUT2D eigenvalue weighted by atomic mass is 10.0. The molecule has 1 aliphatic rings. The normalized spacial score (nSPS) is 12.4. The summed E-state index contributed by atoms with van der Waals surface area (Å²) in [5, 5.41) is 4.43. The Morgan fingerprint density at radius 1 is 0.511 bits per heavy atom. The SMILES string of the molecule is c1ccc(N2c3cccc(n3)-c3cccc4c3[nH]c3c(cccc34)-c3cccc(n3)-c3cc2c2oc4ccccc4c2c3)cc1. The predicted octanol–water partition coefficient (Wildman–Crippen LogP) is 10.8. The van der Waals surface area contributed by atoms with Crippen LogP contribution in [0, 0.1) is 0 Å². The van der Waals surface area contributed by atoms with Crippen molar-refractivity contribution >= 4 is 60.9 Å².